The first-order chi connectivity index (χ1) is 10.3. The molecule has 0 saturated carbocycles. The second-order valence-corrected chi connectivity index (χ2v) is 6.39. The third-order valence-corrected chi connectivity index (χ3v) is 5.18. The lowest BCUT2D eigenvalue weighted by molar-refractivity contribution is 0.199. The predicted octanol–water partition coefficient (Wildman–Crippen LogP) is 2.50. The van der Waals surface area contributed by atoms with Crippen LogP contribution in [0.1, 0.15) is 29.1 Å². The molecule has 0 aliphatic heterocycles. The number of alkyl halides is 1. The quantitative estimate of drug-likeness (QED) is 0.852. The lowest BCUT2D eigenvalue weighted by atomic mass is 9.97. The molecule has 2 aromatic heterocycles. The molecule has 0 fully saturated rings. The highest BCUT2D eigenvalue weighted by atomic mass is 32.1. The Morgan fingerprint density at radius 2 is 2.19 bits per heavy atom. The van der Waals surface area contributed by atoms with Gasteiger partial charge in [-0.3, -0.25) is 9.36 Å². The standard InChI is InChI=1S/C15H19FN2O2S/c1-20-9-6-12-17-14-13(15(19)18(12)8-7-16)10-4-2-3-5-11(10)21-14/h2-9H2,1H3. The molecular formula is C15H19FN2O2S. The minimum atomic E-state index is -0.556. The molecule has 0 aromatic carbocycles. The average molecular weight is 310 g/mol. The number of rotatable bonds is 5. The van der Waals surface area contributed by atoms with Gasteiger partial charge in [-0.25, -0.2) is 9.37 Å². The molecule has 21 heavy (non-hydrogen) atoms. The first-order valence-electron chi connectivity index (χ1n) is 7.35. The molecule has 0 N–H and O–H groups in total. The van der Waals surface area contributed by atoms with Gasteiger partial charge in [0.05, 0.1) is 18.5 Å². The summed E-state index contributed by atoms with van der Waals surface area (Å²) in [6.07, 6.45) is 4.80. The van der Waals surface area contributed by atoms with Crippen LogP contribution < -0.4 is 5.56 Å². The number of hydrogen-bond acceptors (Lipinski definition) is 4. The van der Waals surface area contributed by atoms with Gasteiger partial charge >= 0.3 is 0 Å². The Morgan fingerprint density at radius 3 is 2.95 bits per heavy atom. The highest BCUT2D eigenvalue weighted by molar-refractivity contribution is 7.18. The van der Waals surface area contributed by atoms with Gasteiger partial charge in [-0.2, -0.15) is 0 Å². The summed E-state index contributed by atoms with van der Waals surface area (Å²) < 4.78 is 19.4. The van der Waals surface area contributed by atoms with Crippen molar-refractivity contribution in [2.24, 2.45) is 0 Å². The second kappa shape index (κ2) is 6.23. The van der Waals surface area contributed by atoms with Crippen LogP contribution in [-0.4, -0.2) is 29.9 Å². The Kier molecular flexibility index (Phi) is 4.35. The first kappa shape index (κ1) is 14.7. The second-order valence-electron chi connectivity index (χ2n) is 5.31. The van der Waals surface area contributed by atoms with Crippen molar-refractivity contribution < 1.29 is 9.13 Å². The van der Waals surface area contributed by atoms with Crippen LogP contribution in [0.4, 0.5) is 4.39 Å². The summed E-state index contributed by atoms with van der Waals surface area (Å²) in [5.74, 6) is 0.630. The monoisotopic (exact) mass is 310 g/mol. The smallest absolute Gasteiger partial charge is 0.262 e. The molecule has 0 spiro atoms. The van der Waals surface area contributed by atoms with E-state index in [4.69, 9.17) is 4.74 Å². The first-order valence-corrected chi connectivity index (χ1v) is 8.16. The minimum absolute atomic E-state index is 0.0748. The van der Waals surface area contributed by atoms with Crippen LogP contribution in [0.25, 0.3) is 10.2 Å². The topological polar surface area (TPSA) is 44.1 Å². The normalized spacial score (nSPS) is 14.6. The fourth-order valence-corrected chi connectivity index (χ4v) is 4.25. The predicted molar refractivity (Wildman–Crippen MR) is 82.1 cm³/mol. The van der Waals surface area contributed by atoms with Gasteiger partial charge in [0.25, 0.3) is 5.56 Å². The van der Waals surface area contributed by atoms with Crippen LogP contribution in [0, 0.1) is 0 Å². The Bertz CT molecular complexity index is 708. The number of halogens is 1. The molecule has 1 aliphatic carbocycles. The third kappa shape index (κ3) is 2.62. The van der Waals surface area contributed by atoms with Crippen LogP contribution >= 0.6 is 11.3 Å². The van der Waals surface area contributed by atoms with E-state index in [1.54, 1.807) is 18.4 Å². The number of methoxy groups -OCH3 is 1. The van der Waals surface area contributed by atoms with E-state index in [0.717, 1.165) is 35.0 Å². The fraction of sp³-hybridized carbons (Fsp3) is 0.600. The summed E-state index contributed by atoms with van der Waals surface area (Å²) in [7, 11) is 1.61. The summed E-state index contributed by atoms with van der Waals surface area (Å²) in [4.78, 5) is 19.5. The molecule has 0 saturated heterocycles. The average Bonchev–Trinajstić information content (AvgIpc) is 2.86. The largest absolute Gasteiger partial charge is 0.384 e. The molecule has 0 unspecified atom stereocenters. The van der Waals surface area contributed by atoms with E-state index in [0.29, 0.717) is 18.9 Å². The molecule has 3 rings (SSSR count). The lowest BCUT2D eigenvalue weighted by Crippen LogP contribution is -2.27. The van der Waals surface area contributed by atoms with Crippen molar-refractivity contribution in [2.75, 3.05) is 20.4 Å². The van der Waals surface area contributed by atoms with Crippen molar-refractivity contribution in [3.63, 3.8) is 0 Å². The zero-order valence-corrected chi connectivity index (χ0v) is 13.0. The molecule has 4 nitrogen and oxygen atoms in total. The van der Waals surface area contributed by atoms with Crippen molar-refractivity contribution in [1.29, 1.82) is 0 Å². The third-order valence-electron chi connectivity index (χ3n) is 3.99. The van der Waals surface area contributed by atoms with Crippen LogP contribution in [0.2, 0.25) is 0 Å². The SMILES string of the molecule is COCCc1nc2sc3c(c2c(=O)n1CCF)CCCC3. The van der Waals surface area contributed by atoms with E-state index < -0.39 is 6.67 Å². The number of ether oxygens (including phenoxy) is 1. The zero-order chi connectivity index (χ0) is 14.8. The van der Waals surface area contributed by atoms with E-state index in [9.17, 15) is 9.18 Å². The molecule has 6 heteroatoms. The Balaban J connectivity index is 2.19. The Labute approximate surface area is 126 Å². The van der Waals surface area contributed by atoms with E-state index in [1.807, 2.05) is 0 Å². The summed E-state index contributed by atoms with van der Waals surface area (Å²) in [6.45, 7) is 0.000165. The van der Waals surface area contributed by atoms with Crippen LogP contribution in [-0.2, 0) is 30.5 Å². The van der Waals surface area contributed by atoms with Gasteiger partial charge in [0, 0.05) is 18.4 Å². The summed E-state index contributed by atoms with van der Waals surface area (Å²) in [5, 5.41) is 0.726. The highest BCUT2D eigenvalue weighted by Gasteiger charge is 2.21. The van der Waals surface area contributed by atoms with Crippen LogP contribution in [0.5, 0.6) is 0 Å². The summed E-state index contributed by atoms with van der Waals surface area (Å²) in [6, 6.07) is 0. The number of thiophene rings is 1. The van der Waals surface area contributed by atoms with Gasteiger partial charge in [0.1, 0.15) is 17.3 Å². The van der Waals surface area contributed by atoms with E-state index >= 15 is 0 Å². The lowest BCUT2D eigenvalue weighted by Gasteiger charge is -2.12. The summed E-state index contributed by atoms with van der Waals surface area (Å²) >= 11 is 1.63. The van der Waals surface area contributed by atoms with Gasteiger partial charge in [-0.1, -0.05) is 0 Å². The van der Waals surface area contributed by atoms with E-state index in [1.165, 1.54) is 15.9 Å². The molecule has 0 bridgehead atoms. The van der Waals surface area contributed by atoms with Crippen molar-refractivity contribution in [3.05, 3.63) is 26.6 Å². The maximum Gasteiger partial charge on any atom is 0.262 e. The van der Waals surface area contributed by atoms with Crippen molar-refractivity contribution in [2.45, 2.75) is 38.6 Å². The number of aryl methyl sites for hydroxylation is 2. The van der Waals surface area contributed by atoms with E-state index in [2.05, 4.69) is 4.98 Å². The van der Waals surface area contributed by atoms with Crippen molar-refractivity contribution in [1.82, 2.24) is 9.55 Å². The minimum Gasteiger partial charge on any atom is -0.384 e. The van der Waals surface area contributed by atoms with Gasteiger partial charge in [-0.05, 0) is 31.2 Å². The fourth-order valence-electron chi connectivity index (χ4n) is 2.98. The molecule has 0 atom stereocenters. The zero-order valence-electron chi connectivity index (χ0n) is 12.2. The Hall–Kier alpha value is -1.27. The van der Waals surface area contributed by atoms with Crippen molar-refractivity contribution in [3.8, 4) is 0 Å². The molecule has 114 valence electrons. The number of nitrogens with zero attached hydrogens (tertiary/aromatic N) is 2. The van der Waals surface area contributed by atoms with Crippen LogP contribution in [0.3, 0.4) is 0 Å². The summed E-state index contributed by atoms with van der Waals surface area (Å²) in [5.41, 5.74) is 1.08. The maximum absolute atomic E-state index is 12.8. The number of fused-ring (bicyclic) bond motifs is 3. The molecule has 0 amide bonds. The molecule has 2 heterocycles. The molecule has 2 aromatic rings. The highest BCUT2D eigenvalue weighted by Crippen LogP contribution is 2.33. The van der Waals surface area contributed by atoms with E-state index in [-0.39, 0.29) is 12.1 Å². The number of aromatic nitrogens is 2. The van der Waals surface area contributed by atoms with Gasteiger partial charge in [0.2, 0.25) is 0 Å². The van der Waals surface area contributed by atoms with Crippen molar-refractivity contribution >= 4 is 21.6 Å². The Morgan fingerprint density at radius 1 is 1.38 bits per heavy atom. The molecular weight excluding hydrogens is 291 g/mol. The van der Waals surface area contributed by atoms with Crippen LogP contribution in [0.15, 0.2) is 4.79 Å². The van der Waals surface area contributed by atoms with Gasteiger partial charge < -0.3 is 4.74 Å². The van der Waals surface area contributed by atoms with Gasteiger partial charge in [0.15, 0.2) is 0 Å². The molecule has 1 aliphatic rings. The van der Waals surface area contributed by atoms with Gasteiger partial charge in [-0.15, -0.1) is 11.3 Å². The molecule has 0 radical (unpaired) electrons. The number of hydrogen-bond donors (Lipinski definition) is 0. The maximum atomic E-state index is 12.8.